The Labute approximate surface area is 88.5 Å². The number of halogens is 2. The summed E-state index contributed by atoms with van der Waals surface area (Å²) in [4.78, 5) is 0. The second kappa shape index (κ2) is 4.27. The normalized spacial score (nSPS) is 18.1. The fourth-order valence-electron chi connectivity index (χ4n) is 1.98. The first-order chi connectivity index (χ1) is 7.24. The predicted molar refractivity (Wildman–Crippen MR) is 56.2 cm³/mol. The largest absolute Gasteiger partial charge is 0.308 e. The van der Waals surface area contributed by atoms with E-state index in [1.54, 1.807) is 13.1 Å². The third kappa shape index (κ3) is 2.17. The molecule has 3 heteroatoms. The maximum atomic E-state index is 12.8. The molecular weight excluding hydrogens is 196 g/mol. The third-order valence-corrected chi connectivity index (χ3v) is 2.91. The molecule has 0 bridgehead atoms. The molecule has 1 fully saturated rings. The van der Waals surface area contributed by atoms with Gasteiger partial charge in [0.2, 0.25) is 0 Å². The van der Waals surface area contributed by atoms with Crippen molar-refractivity contribution in [2.45, 2.75) is 31.2 Å². The molecule has 0 spiro atoms. The predicted octanol–water partition coefficient (Wildman–Crippen LogP) is 3.09. The van der Waals surface area contributed by atoms with Crippen molar-refractivity contribution in [3.8, 4) is 0 Å². The molecule has 1 atom stereocenters. The van der Waals surface area contributed by atoms with Gasteiger partial charge in [-0.1, -0.05) is 24.3 Å². The molecule has 1 saturated carbocycles. The number of benzene rings is 1. The van der Waals surface area contributed by atoms with Gasteiger partial charge in [-0.3, -0.25) is 0 Å². The first-order valence-corrected chi connectivity index (χ1v) is 5.28. The van der Waals surface area contributed by atoms with E-state index in [-0.39, 0.29) is 0 Å². The molecule has 0 heterocycles. The quantitative estimate of drug-likeness (QED) is 0.807. The van der Waals surface area contributed by atoms with Crippen LogP contribution in [0.3, 0.4) is 0 Å². The molecule has 0 amide bonds. The highest BCUT2D eigenvalue weighted by Crippen LogP contribution is 2.43. The minimum atomic E-state index is -2.35. The topological polar surface area (TPSA) is 12.0 Å². The van der Waals surface area contributed by atoms with Gasteiger partial charge in [-0.2, -0.15) is 0 Å². The van der Waals surface area contributed by atoms with Gasteiger partial charge in [-0.05, 0) is 36.9 Å². The van der Waals surface area contributed by atoms with Crippen LogP contribution in [0.4, 0.5) is 8.78 Å². The van der Waals surface area contributed by atoms with Crippen LogP contribution in [0.15, 0.2) is 24.3 Å². The van der Waals surface area contributed by atoms with Crippen LogP contribution < -0.4 is 5.32 Å². The number of hydrogen-bond acceptors (Lipinski definition) is 1. The van der Waals surface area contributed by atoms with Crippen LogP contribution in [0.25, 0.3) is 0 Å². The summed E-state index contributed by atoms with van der Waals surface area (Å²) in [6.07, 6.45) is -0.0807. The van der Waals surface area contributed by atoms with Crippen molar-refractivity contribution in [3.63, 3.8) is 0 Å². The van der Waals surface area contributed by atoms with Crippen LogP contribution in [0, 0.1) is 0 Å². The summed E-state index contributed by atoms with van der Waals surface area (Å²) in [5.41, 5.74) is 1.86. The van der Waals surface area contributed by atoms with Crippen LogP contribution in [-0.4, -0.2) is 13.5 Å². The van der Waals surface area contributed by atoms with Crippen molar-refractivity contribution in [2.24, 2.45) is 0 Å². The zero-order valence-electron chi connectivity index (χ0n) is 8.71. The van der Waals surface area contributed by atoms with E-state index < -0.39 is 12.5 Å². The Balaban J connectivity index is 2.32. The van der Waals surface area contributed by atoms with E-state index in [1.807, 2.05) is 18.2 Å². The molecule has 1 unspecified atom stereocenters. The van der Waals surface area contributed by atoms with E-state index in [0.29, 0.717) is 5.92 Å². The van der Waals surface area contributed by atoms with Crippen molar-refractivity contribution >= 4 is 0 Å². The molecule has 2 rings (SSSR count). The van der Waals surface area contributed by atoms with Crippen molar-refractivity contribution < 1.29 is 8.78 Å². The summed E-state index contributed by atoms with van der Waals surface area (Å²) >= 11 is 0. The van der Waals surface area contributed by atoms with Crippen molar-refractivity contribution in [3.05, 3.63) is 35.4 Å². The maximum Gasteiger partial charge on any atom is 0.257 e. The molecule has 1 nitrogen and oxygen atoms in total. The lowest BCUT2D eigenvalue weighted by atomic mass is 9.97. The molecule has 0 aromatic heterocycles. The van der Waals surface area contributed by atoms with E-state index in [2.05, 4.69) is 5.32 Å². The average molecular weight is 211 g/mol. The Bertz CT molecular complexity index is 334. The highest BCUT2D eigenvalue weighted by atomic mass is 19.3. The second-order valence-corrected chi connectivity index (χ2v) is 4.00. The lowest BCUT2D eigenvalue weighted by Gasteiger charge is -2.19. The monoisotopic (exact) mass is 211 g/mol. The first-order valence-electron chi connectivity index (χ1n) is 5.28. The lowest BCUT2D eigenvalue weighted by molar-refractivity contribution is 0.102. The van der Waals surface area contributed by atoms with Gasteiger partial charge in [0, 0.05) is 0 Å². The van der Waals surface area contributed by atoms with Gasteiger partial charge in [0.25, 0.3) is 6.43 Å². The first kappa shape index (κ1) is 10.6. The van der Waals surface area contributed by atoms with E-state index >= 15 is 0 Å². The molecule has 0 saturated heterocycles. The number of nitrogens with one attached hydrogen (secondary N) is 1. The van der Waals surface area contributed by atoms with Gasteiger partial charge in [0.05, 0.1) is 6.04 Å². The van der Waals surface area contributed by atoms with Crippen LogP contribution in [-0.2, 0) is 0 Å². The summed E-state index contributed by atoms with van der Waals surface area (Å²) in [6.45, 7) is 0. The van der Waals surface area contributed by atoms with Crippen LogP contribution >= 0.6 is 0 Å². The maximum absolute atomic E-state index is 12.8. The Morgan fingerprint density at radius 3 is 2.47 bits per heavy atom. The summed E-state index contributed by atoms with van der Waals surface area (Å²) in [5.74, 6) is 0.510. The highest BCUT2D eigenvalue weighted by Gasteiger charge is 2.30. The fourth-order valence-corrected chi connectivity index (χ4v) is 1.98. The summed E-state index contributed by atoms with van der Waals surface area (Å²) in [7, 11) is 1.58. The molecule has 1 aliphatic carbocycles. The van der Waals surface area contributed by atoms with Gasteiger partial charge in [-0.15, -0.1) is 0 Å². The summed E-state index contributed by atoms with van der Waals surface area (Å²) in [5, 5.41) is 2.69. The Kier molecular flexibility index (Phi) is 3.00. The zero-order valence-corrected chi connectivity index (χ0v) is 8.71. The van der Waals surface area contributed by atoms with Crippen LogP contribution in [0.2, 0.25) is 0 Å². The second-order valence-electron chi connectivity index (χ2n) is 4.00. The van der Waals surface area contributed by atoms with Gasteiger partial charge >= 0.3 is 0 Å². The van der Waals surface area contributed by atoms with E-state index in [4.69, 9.17) is 0 Å². The smallest absolute Gasteiger partial charge is 0.257 e. The minimum Gasteiger partial charge on any atom is -0.308 e. The van der Waals surface area contributed by atoms with Crippen molar-refractivity contribution in [2.75, 3.05) is 7.05 Å². The molecule has 1 aromatic rings. The van der Waals surface area contributed by atoms with Crippen LogP contribution in [0.1, 0.15) is 35.9 Å². The summed E-state index contributed by atoms with van der Waals surface area (Å²) in [6, 6.07) is 6.70. The van der Waals surface area contributed by atoms with Crippen LogP contribution in [0.5, 0.6) is 0 Å². The van der Waals surface area contributed by atoms with E-state index in [1.165, 1.54) is 0 Å². The van der Waals surface area contributed by atoms with Gasteiger partial charge in [0.15, 0.2) is 0 Å². The molecule has 1 aliphatic rings. The number of hydrogen-bond donors (Lipinski definition) is 1. The molecule has 82 valence electrons. The number of alkyl halides is 2. The fraction of sp³-hybridized carbons (Fsp3) is 0.500. The SMILES string of the molecule is CNC(c1ccccc1C1CC1)C(F)F. The van der Waals surface area contributed by atoms with E-state index in [0.717, 1.165) is 24.0 Å². The molecule has 0 radical (unpaired) electrons. The lowest BCUT2D eigenvalue weighted by Crippen LogP contribution is -2.24. The Morgan fingerprint density at radius 2 is 1.93 bits per heavy atom. The van der Waals surface area contributed by atoms with Crippen molar-refractivity contribution in [1.29, 1.82) is 0 Å². The van der Waals surface area contributed by atoms with E-state index in [9.17, 15) is 8.78 Å². The minimum absolute atomic E-state index is 0.510. The molecule has 1 N–H and O–H groups in total. The Hall–Kier alpha value is -0.960. The average Bonchev–Trinajstić information content (AvgIpc) is 3.02. The molecular formula is C12H15F2N. The number of rotatable bonds is 4. The van der Waals surface area contributed by atoms with Gasteiger partial charge in [0.1, 0.15) is 0 Å². The molecule has 0 aliphatic heterocycles. The van der Waals surface area contributed by atoms with Gasteiger partial charge < -0.3 is 5.32 Å². The highest BCUT2D eigenvalue weighted by molar-refractivity contribution is 5.35. The summed E-state index contributed by atoms with van der Waals surface area (Å²) < 4.78 is 25.6. The Morgan fingerprint density at radius 1 is 1.27 bits per heavy atom. The van der Waals surface area contributed by atoms with Gasteiger partial charge in [-0.25, -0.2) is 8.78 Å². The standard InChI is InChI=1S/C12H15F2N/c1-15-11(12(13)14)10-5-3-2-4-9(10)8-6-7-8/h2-5,8,11-12,15H,6-7H2,1H3. The molecule has 15 heavy (non-hydrogen) atoms. The molecule has 1 aromatic carbocycles. The van der Waals surface area contributed by atoms with Crippen molar-refractivity contribution in [1.82, 2.24) is 5.32 Å². The zero-order chi connectivity index (χ0) is 10.8. The third-order valence-electron chi connectivity index (χ3n) is 2.91.